The van der Waals surface area contributed by atoms with Crippen LogP contribution in [0.15, 0.2) is 41.4 Å². The Morgan fingerprint density at radius 2 is 2.25 bits per heavy atom. The normalized spacial score (nSPS) is 10.6. The van der Waals surface area contributed by atoms with E-state index in [-0.39, 0.29) is 5.82 Å². The van der Waals surface area contributed by atoms with Gasteiger partial charge in [0, 0.05) is 16.8 Å². The first kappa shape index (κ1) is 11.0. The summed E-state index contributed by atoms with van der Waals surface area (Å²) < 4.78 is 14.7. The molecule has 0 saturated heterocycles. The molecule has 1 aromatic heterocycles. The van der Waals surface area contributed by atoms with Gasteiger partial charge in [-0.3, -0.25) is 4.68 Å². The number of hydrogen-bond acceptors (Lipinski definition) is 3. The molecule has 0 amide bonds. The minimum atomic E-state index is -0.201. The van der Waals surface area contributed by atoms with Gasteiger partial charge in [-0.2, -0.15) is 5.10 Å². The largest absolute Gasteiger partial charge is 0.382 e. The Kier molecular flexibility index (Phi) is 3.46. The fourth-order valence-corrected chi connectivity index (χ4v) is 2.20. The number of nitrogen functional groups attached to an aromatic ring is 1. The van der Waals surface area contributed by atoms with Gasteiger partial charge >= 0.3 is 0 Å². The van der Waals surface area contributed by atoms with Crippen LogP contribution in [-0.2, 0) is 6.54 Å². The van der Waals surface area contributed by atoms with Crippen LogP contribution >= 0.6 is 11.8 Å². The van der Waals surface area contributed by atoms with Crippen LogP contribution in [0.3, 0.4) is 0 Å². The van der Waals surface area contributed by atoms with Crippen LogP contribution in [0, 0.1) is 5.82 Å². The first-order valence-corrected chi connectivity index (χ1v) is 5.90. The van der Waals surface area contributed by atoms with Crippen molar-refractivity contribution in [3.8, 4) is 0 Å². The molecule has 0 unspecified atom stereocenters. The molecule has 0 fully saturated rings. The molecule has 0 atom stereocenters. The van der Waals surface area contributed by atoms with E-state index in [2.05, 4.69) is 5.10 Å². The Hall–Kier alpha value is -1.49. The van der Waals surface area contributed by atoms with Gasteiger partial charge in [-0.1, -0.05) is 6.07 Å². The van der Waals surface area contributed by atoms with Crippen molar-refractivity contribution in [3.63, 3.8) is 0 Å². The third kappa shape index (κ3) is 3.00. The van der Waals surface area contributed by atoms with E-state index < -0.39 is 0 Å². The number of rotatable bonds is 4. The van der Waals surface area contributed by atoms with Crippen LogP contribution in [-0.4, -0.2) is 15.5 Å². The van der Waals surface area contributed by atoms with Crippen molar-refractivity contribution in [2.24, 2.45) is 0 Å². The van der Waals surface area contributed by atoms with Gasteiger partial charge in [-0.25, -0.2) is 4.39 Å². The summed E-state index contributed by atoms with van der Waals surface area (Å²) >= 11 is 1.60. The minimum Gasteiger partial charge on any atom is -0.382 e. The highest BCUT2D eigenvalue weighted by Gasteiger charge is 1.98. The minimum absolute atomic E-state index is 0.201. The number of nitrogens with zero attached hydrogens (tertiary/aromatic N) is 2. The fourth-order valence-electron chi connectivity index (χ4n) is 1.32. The number of nitrogens with two attached hydrogens (primary N) is 1. The van der Waals surface area contributed by atoms with Crippen molar-refractivity contribution in [2.75, 3.05) is 11.5 Å². The van der Waals surface area contributed by atoms with Crippen LogP contribution in [0.4, 0.5) is 10.2 Å². The highest BCUT2D eigenvalue weighted by molar-refractivity contribution is 7.99. The summed E-state index contributed by atoms with van der Waals surface area (Å²) in [7, 11) is 0. The smallest absolute Gasteiger partial charge is 0.145 e. The second-order valence-electron chi connectivity index (χ2n) is 3.31. The number of benzene rings is 1. The van der Waals surface area contributed by atoms with E-state index in [1.807, 2.05) is 12.3 Å². The number of anilines is 1. The molecule has 3 nitrogen and oxygen atoms in total. The Balaban J connectivity index is 1.84. The molecule has 1 aromatic carbocycles. The van der Waals surface area contributed by atoms with E-state index in [0.29, 0.717) is 5.82 Å². The lowest BCUT2D eigenvalue weighted by Gasteiger charge is -2.02. The highest BCUT2D eigenvalue weighted by Crippen LogP contribution is 2.18. The second kappa shape index (κ2) is 5.03. The molecule has 0 radical (unpaired) electrons. The molecule has 5 heteroatoms. The first-order chi connectivity index (χ1) is 7.74. The highest BCUT2D eigenvalue weighted by atomic mass is 32.2. The predicted molar refractivity (Wildman–Crippen MR) is 63.8 cm³/mol. The van der Waals surface area contributed by atoms with Crippen molar-refractivity contribution in [3.05, 3.63) is 42.3 Å². The van der Waals surface area contributed by atoms with Crippen molar-refractivity contribution in [1.82, 2.24) is 9.78 Å². The topological polar surface area (TPSA) is 43.8 Å². The molecule has 1 heterocycles. The monoisotopic (exact) mass is 237 g/mol. The Morgan fingerprint density at radius 1 is 1.38 bits per heavy atom. The lowest BCUT2D eigenvalue weighted by atomic mass is 10.4. The number of aryl methyl sites for hydroxylation is 1. The zero-order valence-corrected chi connectivity index (χ0v) is 9.45. The maximum Gasteiger partial charge on any atom is 0.145 e. The molecule has 0 aliphatic heterocycles. The van der Waals surface area contributed by atoms with Gasteiger partial charge in [0.25, 0.3) is 0 Å². The molecule has 0 aliphatic rings. The lowest BCUT2D eigenvalue weighted by molar-refractivity contribution is 0.624. The Labute approximate surface area is 97.5 Å². The van der Waals surface area contributed by atoms with Crippen molar-refractivity contribution in [2.45, 2.75) is 11.4 Å². The van der Waals surface area contributed by atoms with Crippen molar-refractivity contribution < 1.29 is 4.39 Å². The number of halogens is 1. The van der Waals surface area contributed by atoms with Crippen LogP contribution in [0.5, 0.6) is 0 Å². The fraction of sp³-hybridized carbons (Fsp3) is 0.182. The summed E-state index contributed by atoms with van der Waals surface area (Å²) in [6.45, 7) is 0.762. The molecule has 2 rings (SSSR count). The van der Waals surface area contributed by atoms with E-state index in [0.717, 1.165) is 17.2 Å². The molecule has 84 valence electrons. The molecule has 0 bridgehead atoms. The number of hydrogen-bond donors (Lipinski definition) is 1. The summed E-state index contributed by atoms with van der Waals surface area (Å²) in [5.41, 5.74) is 5.49. The standard InChI is InChI=1S/C11H12FN3S/c12-9-2-1-3-10(8-9)16-7-6-15-5-4-11(13)14-15/h1-5,8H,6-7H2,(H2,13,14). The van der Waals surface area contributed by atoms with E-state index in [9.17, 15) is 4.39 Å². The second-order valence-corrected chi connectivity index (χ2v) is 4.48. The van der Waals surface area contributed by atoms with E-state index in [1.54, 1.807) is 28.6 Å². The van der Waals surface area contributed by atoms with Gasteiger partial charge in [-0.05, 0) is 24.3 Å². The third-order valence-corrected chi connectivity index (χ3v) is 3.02. The quantitative estimate of drug-likeness (QED) is 0.830. The van der Waals surface area contributed by atoms with Crippen molar-refractivity contribution >= 4 is 17.6 Å². The SMILES string of the molecule is Nc1ccn(CCSc2cccc(F)c2)n1. The molecular weight excluding hydrogens is 225 g/mol. The Morgan fingerprint density at radius 3 is 2.94 bits per heavy atom. The molecule has 16 heavy (non-hydrogen) atoms. The van der Waals surface area contributed by atoms with Gasteiger partial charge in [0.2, 0.25) is 0 Å². The van der Waals surface area contributed by atoms with Gasteiger partial charge in [0.05, 0.1) is 6.54 Å². The van der Waals surface area contributed by atoms with Crippen LogP contribution in [0.2, 0.25) is 0 Å². The van der Waals surface area contributed by atoms with Gasteiger partial charge < -0.3 is 5.73 Å². The van der Waals surface area contributed by atoms with E-state index >= 15 is 0 Å². The average Bonchev–Trinajstić information content (AvgIpc) is 2.64. The van der Waals surface area contributed by atoms with E-state index in [1.165, 1.54) is 12.1 Å². The van der Waals surface area contributed by atoms with Crippen molar-refractivity contribution in [1.29, 1.82) is 0 Å². The molecule has 2 aromatic rings. The summed E-state index contributed by atoms with van der Waals surface area (Å²) in [6, 6.07) is 8.34. The third-order valence-electron chi connectivity index (χ3n) is 2.05. The summed E-state index contributed by atoms with van der Waals surface area (Å²) in [6.07, 6.45) is 1.83. The van der Waals surface area contributed by atoms with E-state index in [4.69, 9.17) is 5.73 Å². The maximum absolute atomic E-state index is 12.9. The summed E-state index contributed by atoms with van der Waals surface area (Å²) in [4.78, 5) is 0.931. The molecular formula is C11H12FN3S. The van der Waals surface area contributed by atoms with Gasteiger partial charge in [0.1, 0.15) is 11.6 Å². The summed E-state index contributed by atoms with van der Waals surface area (Å²) in [5, 5.41) is 4.07. The zero-order valence-electron chi connectivity index (χ0n) is 8.64. The summed E-state index contributed by atoms with van der Waals surface area (Å²) in [5.74, 6) is 1.16. The molecule has 0 spiro atoms. The number of thioether (sulfide) groups is 1. The first-order valence-electron chi connectivity index (χ1n) is 4.91. The maximum atomic E-state index is 12.9. The zero-order chi connectivity index (χ0) is 11.4. The average molecular weight is 237 g/mol. The van der Waals surface area contributed by atoms with Crippen LogP contribution in [0.25, 0.3) is 0 Å². The van der Waals surface area contributed by atoms with Gasteiger partial charge in [-0.15, -0.1) is 11.8 Å². The van der Waals surface area contributed by atoms with Gasteiger partial charge in [0.15, 0.2) is 0 Å². The lowest BCUT2D eigenvalue weighted by Crippen LogP contribution is -2.01. The van der Waals surface area contributed by atoms with Crippen LogP contribution in [0.1, 0.15) is 0 Å². The predicted octanol–water partition coefficient (Wildman–Crippen LogP) is 2.40. The number of aromatic nitrogens is 2. The molecule has 2 N–H and O–H groups in total. The molecule has 0 saturated carbocycles. The van der Waals surface area contributed by atoms with Crippen LogP contribution < -0.4 is 5.73 Å². The molecule has 0 aliphatic carbocycles. The Bertz CT molecular complexity index is 470.